The summed E-state index contributed by atoms with van der Waals surface area (Å²) in [5.41, 5.74) is -1.54. The molecule has 1 aromatic carbocycles. The molecule has 0 aliphatic heterocycles. The lowest BCUT2D eigenvalue weighted by molar-refractivity contribution is 0.0429. The van der Waals surface area contributed by atoms with Crippen LogP contribution in [-0.2, 0) is 9.47 Å². The smallest absolute Gasteiger partial charge is 0.425 e. The Kier molecular flexibility index (Phi) is 5.61. The van der Waals surface area contributed by atoms with E-state index in [4.69, 9.17) is 9.47 Å². The van der Waals surface area contributed by atoms with Gasteiger partial charge in [-0.25, -0.2) is 14.6 Å². The molecule has 0 fully saturated rings. The van der Waals surface area contributed by atoms with Gasteiger partial charge in [-0.05, 0) is 68.9 Å². The first-order valence-electron chi connectivity index (χ1n) is 8.19. The molecule has 0 aliphatic carbocycles. The van der Waals surface area contributed by atoms with E-state index in [9.17, 15) is 9.59 Å². The maximum absolute atomic E-state index is 12.7. The lowest BCUT2D eigenvalue weighted by atomic mass is 10.2. The molecule has 140 valence electrons. The maximum atomic E-state index is 12.7. The van der Waals surface area contributed by atoms with Crippen LogP contribution in [0.3, 0.4) is 0 Å². The molecular weight excluding hydrogens is 400 g/mol. The molecule has 2 rings (SSSR count). The predicted octanol–water partition coefficient (Wildman–Crippen LogP) is 5.67. The van der Waals surface area contributed by atoms with E-state index in [1.54, 1.807) is 47.6 Å². The van der Waals surface area contributed by atoms with Crippen LogP contribution < -0.4 is 4.90 Å². The van der Waals surface area contributed by atoms with Crippen molar-refractivity contribution in [2.45, 2.75) is 52.7 Å². The summed E-state index contributed by atoms with van der Waals surface area (Å²) < 4.78 is 11.3. The van der Waals surface area contributed by atoms with Crippen molar-refractivity contribution in [2.24, 2.45) is 0 Å². The van der Waals surface area contributed by atoms with Gasteiger partial charge in [0.2, 0.25) is 0 Å². The summed E-state index contributed by atoms with van der Waals surface area (Å²) in [7, 11) is 0. The minimum Gasteiger partial charge on any atom is -0.443 e. The second-order valence-corrected chi connectivity index (χ2v) is 8.54. The summed E-state index contributed by atoms with van der Waals surface area (Å²) in [6.45, 7) is 10.3. The number of ether oxygens (including phenoxy) is 2. The van der Waals surface area contributed by atoms with Crippen LogP contribution in [0.2, 0.25) is 0 Å². The summed E-state index contributed by atoms with van der Waals surface area (Å²) in [6.07, 6.45) is -1.69. The number of benzene rings is 1. The van der Waals surface area contributed by atoms with E-state index in [-0.39, 0.29) is 5.82 Å². The lowest BCUT2D eigenvalue weighted by Gasteiger charge is -2.28. The van der Waals surface area contributed by atoms with Gasteiger partial charge in [0.1, 0.15) is 15.8 Å². The number of aromatic nitrogens is 1. The topological polar surface area (TPSA) is 68.7 Å². The molecule has 0 saturated carbocycles. The van der Waals surface area contributed by atoms with Crippen molar-refractivity contribution in [1.82, 2.24) is 4.98 Å². The number of amides is 2. The highest BCUT2D eigenvalue weighted by Gasteiger charge is 2.33. The summed E-state index contributed by atoms with van der Waals surface area (Å²) in [6, 6.07) is 9.15. The molecule has 6 nitrogen and oxygen atoms in total. The average molecular weight is 423 g/mol. The fraction of sp³-hybridized carbons (Fsp3) is 0.421. The molecule has 0 aliphatic rings. The maximum Gasteiger partial charge on any atom is 0.425 e. The van der Waals surface area contributed by atoms with E-state index in [1.807, 2.05) is 24.3 Å². The van der Waals surface area contributed by atoms with Crippen molar-refractivity contribution in [1.29, 1.82) is 0 Å². The van der Waals surface area contributed by atoms with E-state index in [1.165, 1.54) is 0 Å². The Labute approximate surface area is 161 Å². The molecule has 0 unspecified atom stereocenters. The van der Waals surface area contributed by atoms with Crippen molar-refractivity contribution in [3.63, 3.8) is 0 Å². The number of imide groups is 1. The molecule has 7 heteroatoms. The van der Waals surface area contributed by atoms with Crippen LogP contribution in [-0.4, -0.2) is 28.4 Å². The van der Waals surface area contributed by atoms with E-state index in [0.717, 1.165) is 15.7 Å². The molecule has 0 atom stereocenters. The number of pyridine rings is 1. The van der Waals surface area contributed by atoms with Crippen molar-refractivity contribution in [2.75, 3.05) is 4.90 Å². The van der Waals surface area contributed by atoms with Crippen LogP contribution in [0.1, 0.15) is 41.5 Å². The summed E-state index contributed by atoms with van der Waals surface area (Å²) in [5.74, 6) is 0.124. The molecular formula is C19H23BrN2O4. The fourth-order valence-corrected chi connectivity index (χ4v) is 2.68. The monoisotopic (exact) mass is 422 g/mol. The highest BCUT2D eigenvalue weighted by Crippen LogP contribution is 2.28. The van der Waals surface area contributed by atoms with E-state index in [0.29, 0.717) is 4.60 Å². The van der Waals surface area contributed by atoms with Gasteiger partial charge in [-0.1, -0.05) is 24.3 Å². The molecule has 0 spiro atoms. The van der Waals surface area contributed by atoms with Gasteiger partial charge in [0.25, 0.3) is 0 Å². The first-order valence-corrected chi connectivity index (χ1v) is 8.98. The molecule has 0 bridgehead atoms. The van der Waals surface area contributed by atoms with Gasteiger partial charge in [0.05, 0.1) is 0 Å². The number of hydrogen-bond donors (Lipinski definition) is 0. The Morgan fingerprint density at radius 2 is 1.46 bits per heavy atom. The number of anilines is 1. The first-order chi connectivity index (χ1) is 11.9. The fourth-order valence-electron chi connectivity index (χ4n) is 2.13. The number of carbonyl (C=O) groups excluding carboxylic acids is 2. The Morgan fingerprint density at radius 1 is 0.962 bits per heavy atom. The van der Waals surface area contributed by atoms with Crippen LogP contribution >= 0.6 is 15.9 Å². The normalized spacial score (nSPS) is 12.0. The Balaban J connectivity index is 2.52. The molecule has 0 N–H and O–H groups in total. The number of hydrogen-bond acceptors (Lipinski definition) is 5. The minimum atomic E-state index is -0.846. The zero-order chi connectivity index (χ0) is 19.7. The third-order valence-electron chi connectivity index (χ3n) is 3.06. The number of halogens is 1. The van der Waals surface area contributed by atoms with E-state index in [2.05, 4.69) is 20.9 Å². The van der Waals surface area contributed by atoms with Crippen LogP contribution in [0, 0.1) is 0 Å². The molecule has 1 aromatic heterocycles. The van der Waals surface area contributed by atoms with Crippen molar-refractivity contribution in [3.8, 4) is 0 Å². The van der Waals surface area contributed by atoms with E-state index < -0.39 is 23.4 Å². The number of carbonyl (C=O) groups is 2. The first kappa shape index (κ1) is 20.2. The Hall–Kier alpha value is -2.15. The molecule has 2 aromatic rings. The highest BCUT2D eigenvalue weighted by molar-refractivity contribution is 9.10. The van der Waals surface area contributed by atoms with Gasteiger partial charge in [0.15, 0.2) is 5.82 Å². The van der Waals surface area contributed by atoms with Gasteiger partial charge < -0.3 is 9.47 Å². The Morgan fingerprint density at radius 3 is 1.96 bits per heavy atom. The van der Waals surface area contributed by atoms with Gasteiger partial charge in [-0.15, -0.1) is 0 Å². The average Bonchev–Trinajstić information content (AvgIpc) is 2.43. The van der Waals surface area contributed by atoms with Crippen molar-refractivity contribution >= 4 is 44.7 Å². The molecule has 2 amide bonds. The van der Waals surface area contributed by atoms with Gasteiger partial charge in [0, 0.05) is 5.39 Å². The summed E-state index contributed by atoms with van der Waals surface area (Å²) in [4.78, 5) is 30.5. The predicted molar refractivity (Wildman–Crippen MR) is 104 cm³/mol. The summed E-state index contributed by atoms with van der Waals surface area (Å²) in [5, 5.41) is 1.69. The largest absolute Gasteiger partial charge is 0.443 e. The van der Waals surface area contributed by atoms with Crippen molar-refractivity contribution in [3.05, 3.63) is 34.9 Å². The molecule has 26 heavy (non-hydrogen) atoms. The second-order valence-electron chi connectivity index (χ2n) is 7.79. The van der Waals surface area contributed by atoms with Crippen LogP contribution in [0.25, 0.3) is 10.8 Å². The van der Waals surface area contributed by atoms with Gasteiger partial charge in [-0.3, -0.25) is 0 Å². The molecule has 1 heterocycles. The van der Waals surface area contributed by atoms with Crippen LogP contribution in [0.15, 0.2) is 34.9 Å². The highest BCUT2D eigenvalue weighted by atomic mass is 79.9. The van der Waals surface area contributed by atoms with E-state index >= 15 is 0 Å². The quantitative estimate of drug-likeness (QED) is 0.553. The minimum absolute atomic E-state index is 0.124. The standard InChI is InChI=1S/C19H23BrN2O4/c1-18(2,3)25-16(23)22(17(24)26-19(4,5)6)14-11-12-9-7-8-10-13(12)15(20)21-14/h7-11H,1-6H3. The van der Waals surface area contributed by atoms with Crippen LogP contribution in [0.5, 0.6) is 0 Å². The lowest BCUT2D eigenvalue weighted by Crippen LogP contribution is -2.44. The van der Waals surface area contributed by atoms with Crippen LogP contribution in [0.4, 0.5) is 15.4 Å². The molecule has 0 saturated heterocycles. The second kappa shape index (κ2) is 7.23. The SMILES string of the molecule is CC(C)(C)OC(=O)N(C(=O)OC(C)(C)C)c1cc2ccccc2c(Br)n1. The molecule has 0 radical (unpaired) electrons. The van der Waals surface area contributed by atoms with Gasteiger partial charge in [-0.2, -0.15) is 4.90 Å². The summed E-state index contributed by atoms with van der Waals surface area (Å²) >= 11 is 3.40. The number of fused-ring (bicyclic) bond motifs is 1. The number of nitrogens with zero attached hydrogens (tertiary/aromatic N) is 2. The Bertz CT molecular complexity index is 810. The zero-order valence-corrected chi connectivity index (χ0v) is 17.4. The third kappa shape index (κ3) is 5.17. The third-order valence-corrected chi connectivity index (χ3v) is 3.67. The van der Waals surface area contributed by atoms with Gasteiger partial charge >= 0.3 is 12.2 Å². The van der Waals surface area contributed by atoms with Crippen molar-refractivity contribution < 1.29 is 19.1 Å². The number of rotatable bonds is 1. The zero-order valence-electron chi connectivity index (χ0n) is 15.8.